The predicted octanol–water partition coefficient (Wildman–Crippen LogP) is 3.52. The summed E-state index contributed by atoms with van der Waals surface area (Å²) in [5.74, 6) is 0. The number of thiophene rings is 1. The highest BCUT2D eigenvalue weighted by Gasteiger charge is 2.08. The number of aromatic nitrogens is 2. The Morgan fingerprint density at radius 3 is 2.69 bits per heavy atom. The molecule has 0 aliphatic rings. The normalized spacial score (nSPS) is 10.7. The molecule has 0 amide bonds. The molecule has 0 atom stereocenters. The highest BCUT2D eigenvalue weighted by molar-refractivity contribution is 9.10. The molecule has 2 aromatic rings. The molecule has 2 heterocycles. The van der Waals surface area contributed by atoms with Crippen LogP contribution in [0.3, 0.4) is 0 Å². The van der Waals surface area contributed by atoms with E-state index in [1.807, 2.05) is 13.1 Å². The predicted molar refractivity (Wildman–Crippen MR) is 59.1 cm³/mol. The van der Waals surface area contributed by atoms with Crippen LogP contribution < -0.4 is 0 Å². The molecule has 2 rings (SSSR count). The van der Waals surface area contributed by atoms with Gasteiger partial charge in [0.1, 0.15) is 0 Å². The number of rotatable bonds is 1. The van der Waals surface area contributed by atoms with Crippen LogP contribution in [0.5, 0.6) is 0 Å². The Kier molecular flexibility index (Phi) is 2.26. The first-order chi connectivity index (χ1) is 6.18. The van der Waals surface area contributed by atoms with Crippen molar-refractivity contribution in [2.45, 2.75) is 13.8 Å². The van der Waals surface area contributed by atoms with Crippen molar-refractivity contribution in [3.05, 3.63) is 27.3 Å². The van der Waals surface area contributed by atoms with Gasteiger partial charge in [-0.1, -0.05) is 0 Å². The summed E-state index contributed by atoms with van der Waals surface area (Å²) in [5, 5.41) is 6.94. The van der Waals surface area contributed by atoms with Gasteiger partial charge in [0, 0.05) is 25.5 Å². The van der Waals surface area contributed by atoms with Crippen molar-refractivity contribution in [1.29, 1.82) is 0 Å². The molecule has 0 fully saturated rings. The fourth-order valence-electron chi connectivity index (χ4n) is 1.19. The third kappa shape index (κ3) is 1.56. The molecule has 2 aromatic heterocycles. The molecule has 13 heavy (non-hydrogen) atoms. The van der Waals surface area contributed by atoms with E-state index in [1.165, 1.54) is 19.8 Å². The van der Waals surface area contributed by atoms with Crippen LogP contribution in [0, 0.1) is 13.8 Å². The maximum Gasteiger partial charge on any atom is 0.0576 e. The highest BCUT2D eigenvalue weighted by atomic mass is 79.9. The largest absolute Gasteiger partial charge is 0.282 e. The minimum Gasteiger partial charge on any atom is -0.282 e. The minimum atomic E-state index is 1.12. The van der Waals surface area contributed by atoms with E-state index in [0.29, 0.717) is 0 Å². The number of hydrogen-bond donors (Lipinski definition) is 1. The van der Waals surface area contributed by atoms with Crippen LogP contribution in [0.15, 0.2) is 16.7 Å². The number of aryl methyl sites for hydroxylation is 2. The molecule has 0 aliphatic heterocycles. The first-order valence-electron chi connectivity index (χ1n) is 3.95. The molecule has 0 aliphatic carbocycles. The standard InChI is InChI=1S/C9H9BrN2S/c1-5-7(4-11-12-5)9-3-8(10)6(2)13-9/h3-4H,1-2H3,(H,11,12). The Balaban J connectivity index is 2.53. The van der Waals surface area contributed by atoms with E-state index >= 15 is 0 Å². The fourth-order valence-corrected chi connectivity index (χ4v) is 2.79. The zero-order valence-electron chi connectivity index (χ0n) is 7.39. The van der Waals surface area contributed by atoms with E-state index in [0.717, 1.165) is 5.69 Å². The van der Waals surface area contributed by atoms with Crippen molar-refractivity contribution in [1.82, 2.24) is 10.2 Å². The molecule has 0 radical (unpaired) electrons. The number of aromatic amines is 1. The van der Waals surface area contributed by atoms with Crippen LogP contribution in [0.25, 0.3) is 10.4 Å². The Morgan fingerprint density at radius 1 is 1.46 bits per heavy atom. The van der Waals surface area contributed by atoms with Crippen LogP contribution in [0.4, 0.5) is 0 Å². The van der Waals surface area contributed by atoms with Gasteiger partial charge in [-0.3, -0.25) is 5.10 Å². The zero-order valence-corrected chi connectivity index (χ0v) is 9.79. The Hall–Kier alpha value is -0.610. The van der Waals surface area contributed by atoms with Gasteiger partial charge in [0.05, 0.1) is 6.20 Å². The van der Waals surface area contributed by atoms with Crippen LogP contribution in [0.2, 0.25) is 0 Å². The summed E-state index contributed by atoms with van der Waals surface area (Å²) in [6.07, 6.45) is 1.87. The quantitative estimate of drug-likeness (QED) is 0.831. The maximum absolute atomic E-state index is 4.00. The van der Waals surface area contributed by atoms with Gasteiger partial charge in [0.2, 0.25) is 0 Å². The van der Waals surface area contributed by atoms with Crippen LogP contribution in [0.1, 0.15) is 10.6 Å². The molecular weight excluding hydrogens is 248 g/mol. The first-order valence-corrected chi connectivity index (χ1v) is 5.55. The maximum atomic E-state index is 4.00. The monoisotopic (exact) mass is 256 g/mol. The summed E-state index contributed by atoms with van der Waals surface area (Å²) in [6, 6.07) is 2.14. The van der Waals surface area contributed by atoms with E-state index in [4.69, 9.17) is 0 Å². The molecule has 0 aromatic carbocycles. The van der Waals surface area contributed by atoms with Gasteiger partial charge in [0.15, 0.2) is 0 Å². The summed E-state index contributed by atoms with van der Waals surface area (Å²) in [6.45, 7) is 4.14. The lowest BCUT2D eigenvalue weighted by Crippen LogP contribution is -1.72. The number of hydrogen-bond acceptors (Lipinski definition) is 2. The third-order valence-corrected chi connectivity index (χ3v) is 4.12. The van der Waals surface area contributed by atoms with Gasteiger partial charge in [0.25, 0.3) is 0 Å². The number of nitrogens with one attached hydrogen (secondary N) is 1. The number of halogens is 1. The lowest BCUT2D eigenvalue weighted by Gasteiger charge is -1.91. The Labute approximate surface area is 89.1 Å². The molecule has 0 bridgehead atoms. The van der Waals surface area contributed by atoms with E-state index in [-0.39, 0.29) is 0 Å². The average molecular weight is 257 g/mol. The summed E-state index contributed by atoms with van der Waals surface area (Å²) >= 11 is 5.29. The topological polar surface area (TPSA) is 28.7 Å². The van der Waals surface area contributed by atoms with Gasteiger partial charge >= 0.3 is 0 Å². The second kappa shape index (κ2) is 3.27. The summed E-state index contributed by atoms with van der Waals surface area (Å²) in [5.41, 5.74) is 2.31. The molecular formula is C9H9BrN2S. The third-order valence-electron chi connectivity index (χ3n) is 1.95. The molecule has 0 saturated carbocycles. The van der Waals surface area contributed by atoms with Gasteiger partial charge < -0.3 is 0 Å². The number of nitrogens with zero attached hydrogens (tertiary/aromatic N) is 1. The number of H-pyrrole nitrogens is 1. The zero-order chi connectivity index (χ0) is 9.42. The first kappa shape index (κ1) is 8.97. The second-order valence-corrected chi connectivity index (χ2v) is 5.03. The van der Waals surface area contributed by atoms with Crippen molar-refractivity contribution in [2.75, 3.05) is 0 Å². The van der Waals surface area contributed by atoms with E-state index in [1.54, 1.807) is 11.3 Å². The SMILES string of the molecule is Cc1[nH]ncc1-c1cc(Br)c(C)s1. The highest BCUT2D eigenvalue weighted by Crippen LogP contribution is 2.34. The van der Waals surface area contributed by atoms with Crippen molar-refractivity contribution in [3.8, 4) is 10.4 Å². The Bertz CT molecular complexity index is 411. The van der Waals surface area contributed by atoms with Gasteiger partial charge in [-0.25, -0.2) is 0 Å². The molecule has 1 N–H and O–H groups in total. The van der Waals surface area contributed by atoms with Crippen molar-refractivity contribution in [2.24, 2.45) is 0 Å². The van der Waals surface area contributed by atoms with Gasteiger partial charge in [-0.2, -0.15) is 5.10 Å². The average Bonchev–Trinajstić information content (AvgIpc) is 2.60. The fraction of sp³-hybridized carbons (Fsp3) is 0.222. The summed E-state index contributed by atoms with van der Waals surface area (Å²) in [4.78, 5) is 2.56. The van der Waals surface area contributed by atoms with Crippen molar-refractivity contribution < 1.29 is 0 Å². The Morgan fingerprint density at radius 2 is 2.23 bits per heavy atom. The van der Waals surface area contributed by atoms with Gasteiger partial charge in [-0.05, 0) is 35.8 Å². The van der Waals surface area contributed by atoms with E-state index in [9.17, 15) is 0 Å². The molecule has 4 heteroatoms. The van der Waals surface area contributed by atoms with Crippen LogP contribution in [-0.4, -0.2) is 10.2 Å². The van der Waals surface area contributed by atoms with Crippen LogP contribution in [-0.2, 0) is 0 Å². The molecule has 0 saturated heterocycles. The smallest absolute Gasteiger partial charge is 0.0576 e. The second-order valence-electron chi connectivity index (χ2n) is 2.92. The van der Waals surface area contributed by atoms with Crippen molar-refractivity contribution in [3.63, 3.8) is 0 Å². The summed E-state index contributed by atoms with van der Waals surface area (Å²) in [7, 11) is 0. The lowest BCUT2D eigenvalue weighted by atomic mass is 10.2. The molecule has 2 nitrogen and oxygen atoms in total. The molecule has 0 unspecified atom stereocenters. The minimum absolute atomic E-state index is 1.12. The lowest BCUT2D eigenvalue weighted by molar-refractivity contribution is 1.05. The van der Waals surface area contributed by atoms with E-state index in [2.05, 4.69) is 39.1 Å². The van der Waals surface area contributed by atoms with Gasteiger partial charge in [-0.15, -0.1) is 11.3 Å². The molecule has 0 spiro atoms. The van der Waals surface area contributed by atoms with Crippen molar-refractivity contribution >= 4 is 27.3 Å². The molecule has 68 valence electrons. The van der Waals surface area contributed by atoms with E-state index < -0.39 is 0 Å². The van der Waals surface area contributed by atoms with Crippen LogP contribution >= 0.6 is 27.3 Å². The summed E-state index contributed by atoms with van der Waals surface area (Å²) < 4.78 is 1.17.